The van der Waals surface area contributed by atoms with Crippen molar-refractivity contribution in [2.75, 3.05) is 4.72 Å². The summed E-state index contributed by atoms with van der Waals surface area (Å²) in [5, 5.41) is 14.0. The highest BCUT2D eigenvalue weighted by Crippen LogP contribution is 2.30. The van der Waals surface area contributed by atoms with Crippen molar-refractivity contribution >= 4 is 33.0 Å². The fourth-order valence-electron chi connectivity index (χ4n) is 1.54. The van der Waals surface area contributed by atoms with Gasteiger partial charge in [0.25, 0.3) is 15.7 Å². The molecule has 1 N–H and O–H groups in total. The number of sulfonamides is 1. The van der Waals surface area contributed by atoms with Gasteiger partial charge in [-0.05, 0) is 18.6 Å². The molecule has 0 aliphatic heterocycles. The largest absolute Gasteiger partial charge is 0.362 e. The zero-order valence-corrected chi connectivity index (χ0v) is 11.6. The van der Waals surface area contributed by atoms with Crippen LogP contribution in [0.1, 0.15) is 5.56 Å². The maximum absolute atomic E-state index is 12.2. The van der Waals surface area contributed by atoms with Crippen LogP contribution in [0.25, 0.3) is 0 Å². The summed E-state index contributed by atoms with van der Waals surface area (Å²) in [7, 11) is -4.00. The molecule has 0 unspecified atom stereocenters. The minimum Gasteiger partial charge on any atom is -0.362 e. The number of nitro benzene ring substituents is 1. The van der Waals surface area contributed by atoms with Crippen LogP contribution in [0.2, 0.25) is 5.02 Å². The third-order valence-corrected chi connectivity index (χ3v) is 4.24. The van der Waals surface area contributed by atoms with E-state index in [-0.39, 0.29) is 21.2 Å². The van der Waals surface area contributed by atoms with E-state index in [2.05, 4.69) is 14.4 Å². The average molecular weight is 318 g/mol. The standard InChI is InChI=1S/C10H8ClN3O5S/c1-6-2-8(11)9(14(15)16)3-10(6)20(17,18)13-7-4-12-19-5-7/h2-5,13H,1H3. The van der Waals surface area contributed by atoms with Crippen molar-refractivity contribution in [1.29, 1.82) is 0 Å². The summed E-state index contributed by atoms with van der Waals surface area (Å²) in [6.45, 7) is 1.48. The molecule has 2 rings (SSSR count). The van der Waals surface area contributed by atoms with Crippen molar-refractivity contribution in [3.05, 3.63) is 45.3 Å². The number of nitrogens with zero attached hydrogens (tertiary/aromatic N) is 2. The molecule has 1 aromatic carbocycles. The molecular formula is C10H8ClN3O5S. The second kappa shape index (κ2) is 5.10. The third-order valence-electron chi connectivity index (χ3n) is 2.42. The molecular weight excluding hydrogens is 310 g/mol. The average Bonchev–Trinajstić information content (AvgIpc) is 2.79. The summed E-state index contributed by atoms with van der Waals surface area (Å²) in [5.41, 5.74) is -0.0884. The Morgan fingerprint density at radius 3 is 2.70 bits per heavy atom. The van der Waals surface area contributed by atoms with Gasteiger partial charge in [0, 0.05) is 6.07 Å². The Morgan fingerprint density at radius 2 is 2.15 bits per heavy atom. The van der Waals surface area contributed by atoms with Crippen molar-refractivity contribution in [3.8, 4) is 0 Å². The first-order valence-electron chi connectivity index (χ1n) is 5.18. The van der Waals surface area contributed by atoms with E-state index in [1.165, 1.54) is 13.0 Å². The molecule has 0 atom stereocenters. The van der Waals surface area contributed by atoms with Crippen LogP contribution >= 0.6 is 11.6 Å². The number of aromatic nitrogens is 1. The van der Waals surface area contributed by atoms with Crippen molar-refractivity contribution in [1.82, 2.24) is 5.16 Å². The Balaban J connectivity index is 2.51. The lowest BCUT2D eigenvalue weighted by Gasteiger charge is -2.09. The van der Waals surface area contributed by atoms with Crippen LogP contribution in [0.4, 0.5) is 11.4 Å². The molecule has 106 valence electrons. The molecule has 10 heteroatoms. The first-order chi connectivity index (χ1) is 9.31. The van der Waals surface area contributed by atoms with Gasteiger partial charge < -0.3 is 4.52 Å². The van der Waals surface area contributed by atoms with Gasteiger partial charge in [0.2, 0.25) is 0 Å². The Bertz CT molecular complexity index is 757. The maximum atomic E-state index is 12.2. The second-order valence-corrected chi connectivity index (χ2v) is 5.90. The lowest BCUT2D eigenvalue weighted by molar-refractivity contribution is -0.384. The van der Waals surface area contributed by atoms with E-state index >= 15 is 0 Å². The van der Waals surface area contributed by atoms with Crippen LogP contribution in [-0.4, -0.2) is 18.5 Å². The highest BCUT2D eigenvalue weighted by atomic mass is 35.5. The number of nitrogens with one attached hydrogen (secondary N) is 1. The van der Waals surface area contributed by atoms with Crippen molar-refractivity contribution in [2.24, 2.45) is 0 Å². The molecule has 0 saturated carbocycles. The molecule has 0 saturated heterocycles. The third kappa shape index (κ3) is 2.73. The molecule has 8 nitrogen and oxygen atoms in total. The van der Waals surface area contributed by atoms with E-state index in [9.17, 15) is 18.5 Å². The van der Waals surface area contributed by atoms with Crippen molar-refractivity contribution < 1.29 is 17.9 Å². The highest BCUT2D eigenvalue weighted by molar-refractivity contribution is 7.92. The van der Waals surface area contributed by atoms with Crippen LogP contribution in [0.5, 0.6) is 0 Å². The molecule has 1 aromatic heterocycles. The van der Waals surface area contributed by atoms with Gasteiger partial charge in [-0.25, -0.2) is 8.42 Å². The predicted octanol–water partition coefficient (Wildman–Crippen LogP) is 2.35. The van der Waals surface area contributed by atoms with Crippen LogP contribution in [0.3, 0.4) is 0 Å². The summed E-state index contributed by atoms with van der Waals surface area (Å²) in [6, 6.07) is 2.13. The first-order valence-corrected chi connectivity index (χ1v) is 7.04. The molecule has 2 aromatic rings. The normalized spacial score (nSPS) is 11.3. The SMILES string of the molecule is Cc1cc(Cl)c([N+](=O)[O-])cc1S(=O)(=O)Nc1cnoc1. The van der Waals surface area contributed by atoms with Crippen LogP contribution in [0, 0.1) is 17.0 Å². The van der Waals surface area contributed by atoms with Crippen LogP contribution < -0.4 is 4.72 Å². The first kappa shape index (κ1) is 14.3. The number of benzene rings is 1. The predicted molar refractivity (Wildman–Crippen MR) is 70.2 cm³/mol. The second-order valence-electron chi connectivity index (χ2n) is 3.84. The minimum atomic E-state index is -4.00. The number of rotatable bonds is 4. The highest BCUT2D eigenvalue weighted by Gasteiger charge is 2.24. The Labute approximate surface area is 118 Å². The van der Waals surface area contributed by atoms with E-state index in [1.54, 1.807) is 0 Å². The van der Waals surface area contributed by atoms with E-state index in [0.29, 0.717) is 0 Å². The van der Waals surface area contributed by atoms with Gasteiger partial charge in [-0.15, -0.1) is 0 Å². The minimum absolute atomic E-state index is 0.113. The molecule has 20 heavy (non-hydrogen) atoms. The summed E-state index contributed by atoms with van der Waals surface area (Å²) in [6.07, 6.45) is 2.26. The number of aryl methyl sites for hydroxylation is 1. The van der Waals surface area contributed by atoms with E-state index < -0.39 is 20.6 Å². The number of hydrogen-bond acceptors (Lipinski definition) is 6. The molecule has 0 aliphatic carbocycles. The molecule has 0 bridgehead atoms. The summed E-state index contributed by atoms with van der Waals surface area (Å²) < 4.78 is 31.0. The van der Waals surface area contributed by atoms with Crippen LogP contribution in [0.15, 0.2) is 34.0 Å². The fraction of sp³-hybridized carbons (Fsp3) is 0.100. The van der Waals surface area contributed by atoms with Gasteiger partial charge in [-0.1, -0.05) is 16.8 Å². The number of anilines is 1. The molecule has 0 aliphatic rings. The Hall–Kier alpha value is -2.13. The zero-order valence-electron chi connectivity index (χ0n) is 10.0. The van der Waals surface area contributed by atoms with Gasteiger partial charge >= 0.3 is 0 Å². The molecule has 1 heterocycles. The summed E-state index contributed by atoms with van der Waals surface area (Å²) in [4.78, 5) is 9.82. The smallest absolute Gasteiger partial charge is 0.289 e. The Kier molecular flexibility index (Phi) is 3.64. The van der Waals surface area contributed by atoms with Crippen LogP contribution in [-0.2, 0) is 10.0 Å². The maximum Gasteiger partial charge on any atom is 0.289 e. The topological polar surface area (TPSA) is 115 Å². The fourth-order valence-corrected chi connectivity index (χ4v) is 3.09. The summed E-state index contributed by atoms with van der Waals surface area (Å²) >= 11 is 5.71. The Morgan fingerprint density at radius 1 is 1.45 bits per heavy atom. The molecule has 0 radical (unpaired) electrons. The number of hydrogen-bond donors (Lipinski definition) is 1. The molecule has 0 spiro atoms. The lowest BCUT2D eigenvalue weighted by atomic mass is 10.2. The van der Waals surface area contributed by atoms with Crippen molar-refractivity contribution in [3.63, 3.8) is 0 Å². The van der Waals surface area contributed by atoms with E-state index in [1.807, 2.05) is 0 Å². The molecule has 0 amide bonds. The van der Waals surface area contributed by atoms with E-state index in [0.717, 1.165) is 18.5 Å². The lowest BCUT2D eigenvalue weighted by Crippen LogP contribution is -2.14. The summed E-state index contributed by atoms with van der Waals surface area (Å²) in [5.74, 6) is 0. The number of halogens is 1. The molecule has 0 fully saturated rings. The van der Waals surface area contributed by atoms with E-state index in [4.69, 9.17) is 11.6 Å². The van der Waals surface area contributed by atoms with Crippen molar-refractivity contribution in [2.45, 2.75) is 11.8 Å². The number of nitro groups is 1. The zero-order chi connectivity index (χ0) is 14.9. The van der Waals surface area contributed by atoms with Gasteiger partial charge in [0.1, 0.15) is 17.0 Å². The quantitative estimate of drug-likeness (QED) is 0.683. The van der Waals surface area contributed by atoms with Gasteiger partial charge in [-0.3, -0.25) is 14.8 Å². The van der Waals surface area contributed by atoms with Gasteiger partial charge in [0.05, 0.1) is 16.0 Å². The monoisotopic (exact) mass is 317 g/mol. The van der Waals surface area contributed by atoms with Gasteiger partial charge in [-0.2, -0.15) is 0 Å². The van der Waals surface area contributed by atoms with Gasteiger partial charge in [0.15, 0.2) is 0 Å².